The largest absolute Gasteiger partial charge is 0.375 e. The van der Waals surface area contributed by atoms with E-state index in [1.807, 2.05) is 6.92 Å². The summed E-state index contributed by atoms with van der Waals surface area (Å²) in [5.41, 5.74) is 0.412. The standard InChI is InChI=1S/C12H19N3O3S/c1-4-15(3)12(16)9-14-10-7-5-6-8-11(10)19(17,18)13-2/h5-8,13-14H,4,9H2,1-3H3. The molecule has 0 saturated carbocycles. The first-order valence-electron chi connectivity index (χ1n) is 5.92. The maximum Gasteiger partial charge on any atom is 0.242 e. The minimum absolute atomic E-state index is 0.0561. The second-order valence-electron chi connectivity index (χ2n) is 3.97. The monoisotopic (exact) mass is 285 g/mol. The number of carbonyl (C=O) groups is 1. The molecule has 1 amide bonds. The zero-order valence-corrected chi connectivity index (χ0v) is 12.1. The van der Waals surface area contributed by atoms with E-state index in [1.165, 1.54) is 13.1 Å². The molecular formula is C12H19N3O3S. The van der Waals surface area contributed by atoms with Crippen molar-refractivity contribution in [2.45, 2.75) is 11.8 Å². The Bertz CT molecular complexity index is 543. The lowest BCUT2D eigenvalue weighted by atomic mass is 10.3. The number of sulfonamides is 1. The summed E-state index contributed by atoms with van der Waals surface area (Å²) in [6.07, 6.45) is 0. The molecule has 2 N–H and O–H groups in total. The third kappa shape index (κ3) is 3.93. The molecule has 0 unspecified atom stereocenters. The van der Waals surface area contributed by atoms with Gasteiger partial charge in [0.25, 0.3) is 0 Å². The number of carbonyl (C=O) groups excluding carboxylic acids is 1. The van der Waals surface area contributed by atoms with Gasteiger partial charge in [-0.2, -0.15) is 0 Å². The molecule has 0 saturated heterocycles. The van der Waals surface area contributed by atoms with E-state index in [-0.39, 0.29) is 17.3 Å². The molecule has 6 nitrogen and oxygen atoms in total. The van der Waals surface area contributed by atoms with Gasteiger partial charge in [0.05, 0.1) is 12.2 Å². The van der Waals surface area contributed by atoms with Crippen molar-refractivity contribution < 1.29 is 13.2 Å². The number of anilines is 1. The van der Waals surface area contributed by atoms with Crippen LogP contribution in [0.3, 0.4) is 0 Å². The van der Waals surface area contributed by atoms with Gasteiger partial charge in [0.2, 0.25) is 15.9 Å². The van der Waals surface area contributed by atoms with Crippen molar-refractivity contribution in [1.29, 1.82) is 0 Å². The first-order chi connectivity index (χ1) is 8.92. The normalized spacial score (nSPS) is 11.1. The number of likely N-dealkylation sites (N-methyl/N-ethyl adjacent to an activating group) is 1. The van der Waals surface area contributed by atoms with Crippen molar-refractivity contribution in [2.75, 3.05) is 32.5 Å². The third-order valence-electron chi connectivity index (χ3n) is 2.78. The predicted octanol–water partition coefficient (Wildman–Crippen LogP) is 0.485. The van der Waals surface area contributed by atoms with E-state index in [0.29, 0.717) is 12.2 Å². The summed E-state index contributed by atoms with van der Waals surface area (Å²) in [5, 5.41) is 2.86. The third-order valence-corrected chi connectivity index (χ3v) is 4.25. The number of hydrogen-bond donors (Lipinski definition) is 2. The van der Waals surface area contributed by atoms with Gasteiger partial charge in [0.1, 0.15) is 4.90 Å². The van der Waals surface area contributed by atoms with Gasteiger partial charge in [-0.3, -0.25) is 4.79 Å². The number of amides is 1. The minimum Gasteiger partial charge on any atom is -0.375 e. The maximum atomic E-state index is 11.8. The molecule has 0 atom stereocenters. The molecule has 0 aromatic heterocycles. The number of benzene rings is 1. The Balaban J connectivity index is 2.89. The van der Waals surface area contributed by atoms with E-state index in [1.54, 1.807) is 30.1 Å². The molecular weight excluding hydrogens is 266 g/mol. The molecule has 0 spiro atoms. The number of hydrogen-bond acceptors (Lipinski definition) is 4. The lowest BCUT2D eigenvalue weighted by Crippen LogP contribution is -2.32. The molecule has 0 aliphatic heterocycles. The number of para-hydroxylation sites is 1. The summed E-state index contributed by atoms with van der Waals surface area (Å²) in [7, 11) is -0.496. The zero-order valence-electron chi connectivity index (χ0n) is 11.3. The second-order valence-corrected chi connectivity index (χ2v) is 5.82. The summed E-state index contributed by atoms with van der Waals surface area (Å²) in [6, 6.07) is 6.46. The summed E-state index contributed by atoms with van der Waals surface area (Å²) < 4.78 is 25.9. The van der Waals surface area contributed by atoms with E-state index >= 15 is 0 Å². The van der Waals surface area contributed by atoms with Crippen LogP contribution in [0.1, 0.15) is 6.92 Å². The number of rotatable bonds is 6. The molecule has 0 aliphatic carbocycles. The highest BCUT2D eigenvalue weighted by Gasteiger charge is 2.16. The van der Waals surface area contributed by atoms with Crippen LogP contribution in [-0.4, -0.2) is 46.4 Å². The van der Waals surface area contributed by atoms with E-state index in [9.17, 15) is 13.2 Å². The molecule has 0 heterocycles. The molecule has 106 valence electrons. The van der Waals surface area contributed by atoms with Crippen molar-refractivity contribution in [3.05, 3.63) is 24.3 Å². The fraction of sp³-hybridized carbons (Fsp3) is 0.417. The van der Waals surface area contributed by atoms with E-state index in [2.05, 4.69) is 10.0 Å². The molecule has 1 aromatic carbocycles. The van der Waals surface area contributed by atoms with Crippen molar-refractivity contribution in [1.82, 2.24) is 9.62 Å². The maximum absolute atomic E-state index is 11.8. The van der Waals surface area contributed by atoms with Gasteiger partial charge in [0, 0.05) is 13.6 Å². The van der Waals surface area contributed by atoms with Crippen LogP contribution in [0, 0.1) is 0 Å². The molecule has 0 radical (unpaired) electrons. The second kappa shape index (κ2) is 6.53. The summed E-state index contributed by atoms with van der Waals surface area (Å²) >= 11 is 0. The highest BCUT2D eigenvalue weighted by molar-refractivity contribution is 7.89. The van der Waals surface area contributed by atoms with Crippen molar-refractivity contribution in [3.8, 4) is 0 Å². The highest BCUT2D eigenvalue weighted by atomic mass is 32.2. The average Bonchev–Trinajstić information content (AvgIpc) is 2.44. The Kier molecular flexibility index (Phi) is 5.31. The fourth-order valence-corrected chi connectivity index (χ4v) is 2.35. The molecule has 1 aromatic rings. The van der Waals surface area contributed by atoms with E-state index in [0.717, 1.165) is 0 Å². The van der Waals surface area contributed by atoms with Crippen molar-refractivity contribution in [3.63, 3.8) is 0 Å². The molecule has 1 rings (SSSR count). The van der Waals surface area contributed by atoms with Crippen LogP contribution in [0.15, 0.2) is 29.2 Å². The van der Waals surface area contributed by atoms with Crippen LogP contribution in [0.5, 0.6) is 0 Å². The summed E-state index contributed by atoms with van der Waals surface area (Å²) in [5.74, 6) is -0.0980. The predicted molar refractivity (Wildman–Crippen MR) is 74.5 cm³/mol. The highest BCUT2D eigenvalue weighted by Crippen LogP contribution is 2.19. The lowest BCUT2D eigenvalue weighted by molar-refractivity contribution is -0.127. The molecule has 7 heteroatoms. The Morgan fingerprint density at radius 1 is 1.32 bits per heavy atom. The van der Waals surface area contributed by atoms with Gasteiger partial charge in [-0.25, -0.2) is 13.1 Å². The van der Waals surface area contributed by atoms with Crippen LogP contribution >= 0.6 is 0 Å². The average molecular weight is 285 g/mol. The molecule has 0 fully saturated rings. The van der Waals surface area contributed by atoms with Gasteiger partial charge in [0.15, 0.2) is 0 Å². The quantitative estimate of drug-likeness (QED) is 0.797. The molecule has 19 heavy (non-hydrogen) atoms. The van der Waals surface area contributed by atoms with Gasteiger partial charge < -0.3 is 10.2 Å². The van der Waals surface area contributed by atoms with Gasteiger partial charge in [-0.15, -0.1) is 0 Å². The van der Waals surface area contributed by atoms with Crippen LogP contribution in [0.2, 0.25) is 0 Å². The smallest absolute Gasteiger partial charge is 0.242 e. The van der Waals surface area contributed by atoms with Crippen molar-refractivity contribution in [2.24, 2.45) is 0 Å². The number of nitrogens with zero attached hydrogens (tertiary/aromatic N) is 1. The van der Waals surface area contributed by atoms with Gasteiger partial charge in [-0.1, -0.05) is 12.1 Å². The molecule has 0 bridgehead atoms. The van der Waals surface area contributed by atoms with Crippen molar-refractivity contribution >= 4 is 21.6 Å². The van der Waals surface area contributed by atoms with Gasteiger partial charge in [-0.05, 0) is 26.1 Å². The first-order valence-corrected chi connectivity index (χ1v) is 7.41. The Morgan fingerprint density at radius 3 is 2.53 bits per heavy atom. The SMILES string of the molecule is CCN(C)C(=O)CNc1ccccc1S(=O)(=O)NC. The van der Waals surface area contributed by atoms with Crippen LogP contribution < -0.4 is 10.0 Å². The van der Waals surface area contributed by atoms with Gasteiger partial charge >= 0.3 is 0 Å². The zero-order chi connectivity index (χ0) is 14.5. The Hall–Kier alpha value is -1.60. The topological polar surface area (TPSA) is 78.5 Å². The fourth-order valence-electron chi connectivity index (χ4n) is 1.44. The first kappa shape index (κ1) is 15.5. The van der Waals surface area contributed by atoms with Crippen LogP contribution in [0.4, 0.5) is 5.69 Å². The van der Waals surface area contributed by atoms with E-state index < -0.39 is 10.0 Å². The summed E-state index contributed by atoms with van der Waals surface area (Å²) in [6.45, 7) is 2.54. The van der Waals surface area contributed by atoms with Crippen LogP contribution in [0.25, 0.3) is 0 Å². The Morgan fingerprint density at radius 2 is 1.95 bits per heavy atom. The lowest BCUT2D eigenvalue weighted by Gasteiger charge is -2.16. The molecule has 0 aliphatic rings. The van der Waals surface area contributed by atoms with Crippen LogP contribution in [-0.2, 0) is 14.8 Å². The number of nitrogens with one attached hydrogen (secondary N) is 2. The Labute approximate surface area is 113 Å². The minimum atomic E-state index is -3.54. The summed E-state index contributed by atoms with van der Waals surface area (Å²) in [4.78, 5) is 13.4. The van der Waals surface area contributed by atoms with E-state index in [4.69, 9.17) is 0 Å².